The van der Waals surface area contributed by atoms with Gasteiger partial charge in [0.15, 0.2) is 0 Å². The van der Waals surface area contributed by atoms with Crippen molar-refractivity contribution < 1.29 is 5.11 Å². The predicted molar refractivity (Wildman–Crippen MR) is 61.8 cm³/mol. The average Bonchev–Trinajstić information content (AvgIpc) is 2.57. The van der Waals surface area contributed by atoms with Crippen LogP contribution in [-0.4, -0.2) is 28.5 Å². The van der Waals surface area contributed by atoms with Crippen LogP contribution < -0.4 is 0 Å². The van der Waals surface area contributed by atoms with E-state index in [4.69, 9.17) is 0 Å². The number of para-hydroxylation sites is 1. The minimum atomic E-state index is -0.358. The van der Waals surface area contributed by atoms with Crippen LogP contribution in [0.1, 0.15) is 12.0 Å². The molecule has 1 aromatic rings. The highest BCUT2D eigenvalue weighted by molar-refractivity contribution is 5.92. The van der Waals surface area contributed by atoms with Crippen LogP contribution in [0.2, 0.25) is 0 Å². The maximum Gasteiger partial charge on any atom is 0.134 e. The van der Waals surface area contributed by atoms with Crippen molar-refractivity contribution >= 4 is 23.9 Å². The van der Waals surface area contributed by atoms with Crippen LogP contribution in [-0.2, 0) is 6.54 Å². The third-order valence-corrected chi connectivity index (χ3v) is 2.88. The lowest BCUT2D eigenvalue weighted by Crippen LogP contribution is -2.31. The van der Waals surface area contributed by atoms with Gasteiger partial charge in [0, 0.05) is 13.1 Å². The van der Waals surface area contributed by atoms with Gasteiger partial charge in [-0.1, -0.05) is 18.2 Å². The molecule has 4 heteroatoms. The zero-order valence-corrected chi connectivity index (χ0v) is 9.07. The van der Waals surface area contributed by atoms with Crippen LogP contribution >= 0.6 is 12.4 Å². The topological polar surface area (TPSA) is 35.8 Å². The lowest BCUT2D eigenvalue weighted by atomic mass is 10.1. The van der Waals surface area contributed by atoms with Crippen molar-refractivity contribution in [1.82, 2.24) is 4.90 Å². The van der Waals surface area contributed by atoms with Crippen LogP contribution in [0.25, 0.3) is 0 Å². The second-order valence-electron chi connectivity index (χ2n) is 3.82. The lowest BCUT2D eigenvalue weighted by Gasteiger charge is -2.25. The molecule has 0 aromatic heterocycles. The van der Waals surface area contributed by atoms with Gasteiger partial charge in [-0.05, 0) is 18.1 Å². The zero-order chi connectivity index (χ0) is 9.54. The number of hydrogen-bond acceptors (Lipinski definition) is 3. The third kappa shape index (κ3) is 1.62. The SMILES string of the molecule is Cl.O[C@H]1CCN2Cc3ccccc3N=C12. The van der Waals surface area contributed by atoms with Gasteiger partial charge in [-0.25, -0.2) is 4.99 Å². The molecule has 1 aromatic carbocycles. The molecule has 0 unspecified atom stereocenters. The normalized spacial score (nSPS) is 22.6. The molecule has 0 bridgehead atoms. The van der Waals surface area contributed by atoms with Gasteiger partial charge in [-0.2, -0.15) is 0 Å². The number of aliphatic hydroxyl groups excluding tert-OH is 1. The summed E-state index contributed by atoms with van der Waals surface area (Å²) in [5, 5.41) is 9.68. The number of nitrogens with zero attached hydrogens (tertiary/aromatic N) is 2. The summed E-state index contributed by atoms with van der Waals surface area (Å²) in [6, 6.07) is 8.12. The van der Waals surface area contributed by atoms with Crippen molar-refractivity contribution in [3.8, 4) is 0 Å². The highest BCUT2D eigenvalue weighted by Crippen LogP contribution is 2.29. The maximum atomic E-state index is 9.68. The van der Waals surface area contributed by atoms with Crippen molar-refractivity contribution in [2.75, 3.05) is 6.54 Å². The molecule has 2 aliphatic heterocycles. The van der Waals surface area contributed by atoms with Crippen molar-refractivity contribution in [1.29, 1.82) is 0 Å². The smallest absolute Gasteiger partial charge is 0.134 e. The molecule has 0 spiro atoms. The Balaban J connectivity index is 0.000000853. The first-order chi connectivity index (χ1) is 6.84. The van der Waals surface area contributed by atoms with Crippen LogP contribution in [0.3, 0.4) is 0 Å². The molecule has 3 rings (SSSR count). The van der Waals surface area contributed by atoms with Crippen molar-refractivity contribution in [2.24, 2.45) is 4.99 Å². The van der Waals surface area contributed by atoms with E-state index < -0.39 is 0 Å². The summed E-state index contributed by atoms with van der Waals surface area (Å²) >= 11 is 0. The highest BCUT2D eigenvalue weighted by atomic mass is 35.5. The van der Waals surface area contributed by atoms with Crippen molar-refractivity contribution in [3.63, 3.8) is 0 Å². The van der Waals surface area contributed by atoms with Crippen LogP contribution in [0, 0.1) is 0 Å². The van der Waals surface area contributed by atoms with Gasteiger partial charge in [0.05, 0.1) is 5.69 Å². The zero-order valence-electron chi connectivity index (χ0n) is 8.26. The van der Waals surface area contributed by atoms with Gasteiger partial charge < -0.3 is 10.0 Å². The molecule has 15 heavy (non-hydrogen) atoms. The molecule has 1 saturated heterocycles. The Morgan fingerprint density at radius 3 is 3.00 bits per heavy atom. The Morgan fingerprint density at radius 2 is 2.13 bits per heavy atom. The number of aliphatic imine (C=N–C) groups is 1. The molecular weight excluding hydrogens is 212 g/mol. The van der Waals surface area contributed by atoms with E-state index in [1.807, 2.05) is 18.2 Å². The second kappa shape index (κ2) is 3.83. The van der Waals surface area contributed by atoms with E-state index >= 15 is 0 Å². The van der Waals surface area contributed by atoms with E-state index in [1.54, 1.807) is 0 Å². The minimum Gasteiger partial charge on any atom is -0.385 e. The molecular formula is C11H13ClN2O. The van der Waals surface area contributed by atoms with Gasteiger partial charge in [-0.15, -0.1) is 12.4 Å². The fourth-order valence-electron chi connectivity index (χ4n) is 2.12. The molecule has 1 N–H and O–H groups in total. The summed E-state index contributed by atoms with van der Waals surface area (Å²) in [7, 11) is 0. The number of fused-ring (bicyclic) bond motifs is 2. The molecule has 0 radical (unpaired) electrons. The molecule has 0 aliphatic carbocycles. The number of halogens is 1. The maximum absolute atomic E-state index is 9.68. The summed E-state index contributed by atoms with van der Waals surface area (Å²) in [5.41, 5.74) is 2.27. The first kappa shape index (κ1) is 10.5. The van der Waals surface area contributed by atoms with Crippen LogP contribution in [0.15, 0.2) is 29.3 Å². The average molecular weight is 225 g/mol. The van der Waals surface area contributed by atoms with E-state index in [2.05, 4.69) is 16.0 Å². The van der Waals surface area contributed by atoms with E-state index in [9.17, 15) is 5.11 Å². The van der Waals surface area contributed by atoms with Crippen LogP contribution in [0.5, 0.6) is 0 Å². The van der Waals surface area contributed by atoms with Gasteiger partial charge in [0.25, 0.3) is 0 Å². The fourth-order valence-corrected chi connectivity index (χ4v) is 2.12. The first-order valence-corrected chi connectivity index (χ1v) is 4.94. The number of hydrogen-bond donors (Lipinski definition) is 1. The minimum absolute atomic E-state index is 0. The van der Waals surface area contributed by atoms with E-state index in [-0.39, 0.29) is 18.5 Å². The molecule has 2 heterocycles. The Labute approximate surface area is 94.8 Å². The molecule has 1 atom stereocenters. The Morgan fingerprint density at radius 1 is 1.33 bits per heavy atom. The molecule has 0 amide bonds. The molecule has 1 fully saturated rings. The second-order valence-corrected chi connectivity index (χ2v) is 3.82. The van der Waals surface area contributed by atoms with E-state index in [0.717, 1.165) is 31.0 Å². The fraction of sp³-hybridized carbons (Fsp3) is 0.364. The number of aliphatic hydroxyl groups is 1. The van der Waals surface area contributed by atoms with E-state index in [0.29, 0.717) is 0 Å². The van der Waals surface area contributed by atoms with Gasteiger partial charge in [-0.3, -0.25) is 0 Å². The first-order valence-electron chi connectivity index (χ1n) is 4.94. The lowest BCUT2D eigenvalue weighted by molar-refractivity contribution is 0.245. The van der Waals surface area contributed by atoms with Gasteiger partial charge in [0.1, 0.15) is 11.9 Å². The summed E-state index contributed by atoms with van der Waals surface area (Å²) in [6.45, 7) is 1.82. The quantitative estimate of drug-likeness (QED) is 0.729. The Bertz CT molecular complexity index is 405. The van der Waals surface area contributed by atoms with E-state index in [1.165, 1.54) is 5.56 Å². The summed E-state index contributed by atoms with van der Waals surface area (Å²) < 4.78 is 0. The highest BCUT2D eigenvalue weighted by Gasteiger charge is 2.30. The van der Waals surface area contributed by atoms with Crippen LogP contribution in [0.4, 0.5) is 5.69 Å². The van der Waals surface area contributed by atoms with Gasteiger partial charge in [0.2, 0.25) is 0 Å². The summed E-state index contributed by atoms with van der Waals surface area (Å²) in [6.07, 6.45) is 0.454. The standard InChI is InChI=1S/C11H12N2O.ClH/c14-10-5-6-13-7-8-3-1-2-4-9(8)12-11(10)13;/h1-4,10,14H,5-7H2;1H/t10-;/m0./s1. The predicted octanol–water partition coefficient (Wildman–Crippen LogP) is 1.72. The third-order valence-electron chi connectivity index (χ3n) is 2.88. The Kier molecular flexibility index (Phi) is 2.67. The molecule has 3 nitrogen and oxygen atoms in total. The van der Waals surface area contributed by atoms with Crippen molar-refractivity contribution in [2.45, 2.75) is 19.1 Å². The van der Waals surface area contributed by atoms with Gasteiger partial charge >= 0.3 is 0 Å². The molecule has 2 aliphatic rings. The van der Waals surface area contributed by atoms with Crippen molar-refractivity contribution in [3.05, 3.63) is 29.8 Å². The molecule has 0 saturated carbocycles. The number of amidine groups is 1. The summed E-state index contributed by atoms with van der Waals surface area (Å²) in [4.78, 5) is 6.64. The summed E-state index contributed by atoms with van der Waals surface area (Å²) in [5.74, 6) is 0.851. The largest absolute Gasteiger partial charge is 0.385 e. The Hall–Kier alpha value is -1.06. The monoisotopic (exact) mass is 224 g/mol. The number of benzene rings is 1. The molecule has 80 valence electrons. The number of rotatable bonds is 0.